The average molecular weight is 319 g/mol. The topological polar surface area (TPSA) is 55.6 Å². The summed E-state index contributed by atoms with van der Waals surface area (Å²) >= 11 is 3.08. The van der Waals surface area contributed by atoms with Gasteiger partial charge in [0.2, 0.25) is 0 Å². The molecule has 0 saturated heterocycles. The quantitative estimate of drug-likeness (QED) is 0.806. The molecule has 1 aromatic carbocycles. The van der Waals surface area contributed by atoms with Gasteiger partial charge in [0.15, 0.2) is 0 Å². The Kier molecular flexibility index (Phi) is 4.21. The first-order valence-corrected chi connectivity index (χ1v) is 6.13. The molecule has 2 N–H and O–H groups in total. The third-order valence-corrected chi connectivity index (χ3v) is 2.86. The molecule has 0 spiro atoms. The summed E-state index contributed by atoms with van der Waals surface area (Å²) < 4.78 is 18.8. The zero-order valence-electron chi connectivity index (χ0n) is 10.8. The van der Waals surface area contributed by atoms with E-state index in [2.05, 4.69) is 15.9 Å². The van der Waals surface area contributed by atoms with Crippen molar-refractivity contribution >= 4 is 33.4 Å². The van der Waals surface area contributed by atoms with Crippen molar-refractivity contribution in [1.82, 2.24) is 0 Å². The van der Waals surface area contributed by atoms with Gasteiger partial charge in [0.05, 0.1) is 15.8 Å². The van der Waals surface area contributed by atoms with E-state index in [0.29, 0.717) is 0 Å². The monoisotopic (exact) mass is 318 g/mol. The molecule has 0 bridgehead atoms. The summed E-state index contributed by atoms with van der Waals surface area (Å²) in [4.78, 5) is 13.1. The number of benzene rings is 1. The lowest BCUT2D eigenvalue weighted by molar-refractivity contribution is 0.0589. The summed E-state index contributed by atoms with van der Waals surface area (Å²) in [6.45, 7) is 5.26. The summed E-state index contributed by atoms with van der Waals surface area (Å²) in [6.07, 6.45) is -0.597. The van der Waals surface area contributed by atoms with Crippen molar-refractivity contribution in [1.29, 1.82) is 0 Å². The largest absolute Gasteiger partial charge is 0.443 e. The predicted octanol–water partition coefficient (Wildman–Crippen LogP) is 3.54. The Hall–Kier alpha value is -1.30. The van der Waals surface area contributed by atoms with Gasteiger partial charge in [-0.05, 0) is 48.8 Å². The van der Waals surface area contributed by atoms with Gasteiger partial charge in [-0.25, -0.2) is 9.18 Å². The molecule has 0 fully saturated rings. The molecule has 1 aromatic rings. The van der Waals surface area contributed by atoms with Crippen LogP contribution in [0.2, 0.25) is 0 Å². The number of halogens is 2. The Morgan fingerprint density at radius 3 is 2.50 bits per heavy atom. The Labute approximate surface area is 114 Å². The molecule has 1 amide bonds. The minimum Gasteiger partial charge on any atom is -0.443 e. The molecule has 1 rings (SSSR count). The second-order valence-corrected chi connectivity index (χ2v) is 5.63. The lowest BCUT2D eigenvalue weighted by Gasteiger charge is -2.26. The van der Waals surface area contributed by atoms with E-state index in [-0.39, 0.29) is 15.8 Å². The van der Waals surface area contributed by atoms with Crippen LogP contribution in [0, 0.1) is 5.82 Å². The van der Waals surface area contributed by atoms with E-state index in [1.807, 2.05) is 0 Å². The summed E-state index contributed by atoms with van der Waals surface area (Å²) in [7, 11) is 1.48. The highest BCUT2D eigenvalue weighted by molar-refractivity contribution is 9.10. The van der Waals surface area contributed by atoms with Crippen LogP contribution in [0.4, 0.5) is 20.6 Å². The maximum absolute atomic E-state index is 13.4. The van der Waals surface area contributed by atoms with Crippen LogP contribution in [0.25, 0.3) is 0 Å². The average Bonchev–Trinajstić information content (AvgIpc) is 2.21. The molecular formula is C12H16BrFN2O2. The molecule has 0 saturated carbocycles. The number of nitrogens with zero attached hydrogens (tertiary/aromatic N) is 1. The highest BCUT2D eigenvalue weighted by Crippen LogP contribution is 2.34. The van der Waals surface area contributed by atoms with Crippen molar-refractivity contribution in [2.24, 2.45) is 0 Å². The van der Waals surface area contributed by atoms with Crippen LogP contribution in [-0.2, 0) is 4.74 Å². The van der Waals surface area contributed by atoms with Crippen molar-refractivity contribution < 1.29 is 13.9 Å². The summed E-state index contributed by atoms with van der Waals surface area (Å²) in [5.74, 6) is -0.491. The number of nitrogen functional groups attached to an aromatic ring is 1. The molecule has 6 heteroatoms. The first-order chi connectivity index (χ1) is 8.13. The van der Waals surface area contributed by atoms with Crippen LogP contribution < -0.4 is 10.6 Å². The summed E-state index contributed by atoms with van der Waals surface area (Å²) in [5.41, 5.74) is 5.66. The number of anilines is 2. The van der Waals surface area contributed by atoms with Gasteiger partial charge in [0.25, 0.3) is 0 Å². The van der Waals surface area contributed by atoms with Gasteiger partial charge in [-0.2, -0.15) is 0 Å². The molecule has 0 unspecified atom stereocenters. The van der Waals surface area contributed by atoms with Gasteiger partial charge >= 0.3 is 6.09 Å². The molecule has 0 radical (unpaired) electrons. The number of rotatable bonds is 1. The standard InChI is InChI=1S/C12H16BrFN2O2/c1-12(2,3)18-11(17)16(4)10-8(15)6-5-7(14)9(10)13/h5-6H,15H2,1-4H3. The summed E-state index contributed by atoms with van der Waals surface area (Å²) in [6, 6.07) is 2.63. The van der Waals surface area contributed by atoms with Crippen molar-refractivity contribution in [3.8, 4) is 0 Å². The number of nitrogens with two attached hydrogens (primary N) is 1. The minimum absolute atomic E-state index is 0.135. The molecule has 18 heavy (non-hydrogen) atoms. The fraction of sp³-hybridized carbons (Fsp3) is 0.417. The van der Waals surface area contributed by atoms with E-state index in [9.17, 15) is 9.18 Å². The third kappa shape index (κ3) is 3.35. The van der Waals surface area contributed by atoms with Gasteiger partial charge in [-0.3, -0.25) is 4.90 Å². The second kappa shape index (κ2) is 5.14. The summed E-state index contributed by atoms with van der Waals surface area (Å²) in [5, 5.41) is 0. The molecule has 4 nitrogen and oxygen atoms in total. The molecule has 0 aliphatic heterocycles. The molecule has 0 heterocycles. The van der Waals surface area contributed by atoms with E-state index in [0.717, 1.165) is 0 Å². The molecule has 0 aromatic heterocycles. The maximum atomic E-state index is 13.4. The van der Waals surface area contributed by atoms with E-state index in [1.165, 1.54) is 24.1 Å². The van der Waals surface area contributed by atoms with E-state index in [4.69, 9.17) is 10.5 Å². The number of hydrogen-bond acceptors (Lipinski definition) is 3. The molecular weight excluding hydrogens is 303 g/mol. The first-order valence-electron chi connectivity index (χ1n) is 5.33. The number of amides is 1. The Morgan fingerprint density at radius 1 is 1.44 bits per heavy atom. The lowest BCUT2D eigenvalue weighted by Crippen LogP contribution is -2.34. The molecule has 0 aliphatic rings. The predicted molar refractivity (Wildman–Crippen MR) is 73.1 cm³/mol. The van der Waals surface area contributed by atoms with Crippen LogP contribution in [-0.4, -0.2) is 18.7 Å². The van der Waals surface area contributed by atoms with E-state index < -0.39 is 17.5 Å². The molecule has 0 aliphatic carbocycles. The van der Waals surface area contributed by atoms with Crippen LogP contribution in [0.3, 0.4) is 0 Å². The lowest BCUT2D eigenvalue weighted by atomic mass is 10.2. The van der Waals surface area contributed by atoms with Crippen LogP contribution >= 0.6 is 15.9 Å². The van der Waals surface area contributed by atoms with Gasteiger partial charge in [-0.1, -0.05) is 0 Å². The van der Waals surface area contributed by atoms with E-state index >= 15 is 0 Å². The Bertz CT molecular complexity index is 472. The number of ether oxygens (including phenoxy) is 1. The fourth-order valence-corrected chi connectivity index (χ4v) is 1.94. The minimum atomic E-state index is -0.625. The number of carbonyl (C=O) groups excluding carboxylic acids is 1. The third-order valence-electron chi connectivity index (χ3n) is 2.10. The number of hydrogen-bond donors (Lipinski definition) is 1. The zero-order valence-corrected chi connectivity index (χ0v) is 12.3. The van der Waals surface area contributed by atoms with E-state index in [1.54, 1.807) is 20.8 Å². The molecule has 0 atom stereocenters. The normalized spacial score (nSPS) is 11.2. The van der Waals surface area contributed by atoms with Crippen molar-refractivity contribution in [3.63, 3.8) is 0 Å². The van der Waals surface area contributed by atoms with Gasteiger partial charge < -0.3 is 10.5 Å². The highest BCUT2D eigenvalue weighted by Gasteiger charge is 2.24. The Balaban J connectivity index is 3.08. The van der Waals surface area contributed by atoms with Crippen LogP contribution in [0.1, 0.15) is 20.8 Å². The zero-order chi connectivity index (χ0) is 14.1. The number of carbonyl (C=O) groups is 1. The van der Waals surface area contributed by atoms with Gasteiger partial charge in [0, 0.05) is 7.05 Å². The second-order valence-electron chi connectivity index (χ2n) is 4.84. The first kappa shape index (κ1) is 14.8. The van der Waals surface area contributed by atoms with Crippen molar-refractivity contribution in [2.75, 3.05) is 17.7 Å². The molecule has 100 valence electrons. The van der Waals surface area contributed by atoms with Crippen molar-refractivity contribution in [3.05, 3.63) is 22.4 Å². The smallest absolute Gasteiger partial charge is 0.414 e. The van der Waals surface area contributed by atoms with Gasteiger partial charge in [0.1, 0.15) is 11.4 Å². The maximum Gasteiger partial charge on any atom is 0.414 e. The highest BCUT2D eigenvalue weighted by atomic mass is 79.9. The Morgan fingerprint density at radius 2 is 2.00 bits per heavy atom. The SMILES string of the molecule is CN(C(=O)OC(C)(C)C)c1c(N)ccc(F)c1Br. The van der Waals surface area contributed by atoms with Crippen LogP contribution in [0.5, 0.6) is 0 Å². The van der Waals surface area contributed by atoms with Gasteiger partial charge in [-0.15, -0.1) is 0 Å². The van der Waals surface area contributed by atoms with Crippen molar-refractivity contribution in [2.45, 2.75) is 26.4 Å². The van der Waals surface area contributed by atoms with Crippen LogP contribution in [0.15, 0.2) is 16.6 Å². The fourth-order valence-electron chi connectivity index (χ4n) is 1.32.